The van der Waals surface area contributed by atoms with Gasteiger partial charge in [-0.25, -0.2) is 4.68 Å². The van der Waals surface area contributed by atoms with E-state index in [-0.39, 0.29) is 21.7 Å². The summed E-state index contributed by atoms with van der Waals surface area (Å²) in [6.07, 6.45) is 0. The lowest BCUT2D eigenvalue weighted by Gasteiger charge is -2.09. The summed E-state index contributed by atoms with van der Waals surface area (Å²) in [6, 6.07) is 3.00. The van der Waals surface area contributed by atoms with Gasteiger partial charge in [-0.15, -0.1) is 10.2 Å². The Labute approximate surface area is 139 Å². The maximum atomic E-state index is 11.9. The quantitative estimate of drug-likeness (QED) is 0.642. The fourth-order valence-electron chi connectivity index (χ4n) is 1.42. The maximum Gasteiger partial charge on any atom is 0.234 e. The molecule has 0 spiro atoms. The summed E-state index contributed by atoms with van der Waals surface area (Å²) in [7, 11) is 0. The predicted octanol–water partition coefficient (Wildman–Crippen LogP) is 2.99. The highest BCUT2D eigenvalue weighted by Gasteiger charge is 2.13. The largest absolute Gasteiger partial charge is 0.336 e. The highest BCUT2D eigenvalue weighted by molar-refractivity contribution is 7.99. The van der Waals surface area contributed by atoms with Gasteiger partial charge in [0.25, 0.3) is 0 Å². The summed E-state index contributed by atoms with van der Waals surface area (Å²) in [6.45, 7) is 1.71. The van der Waals surface area contributed by atoms with Crippen LogP contribution in [-0.2, 0) is 4.79 Å². The smallest absolute Gasteiger partial charge is 0.234 e. The Kier molecular flexibility index (Phi) is 5.21. The van der Waals surface area contributed by atoms with Crippen molar-refractivity contribution in [2.24, 2.45) is 0 Å². The molecule has 0 radical (unpaired) electrons. The van der Waals surface area contributed by atoms with Crippen molar-refractivity contribution in [2.45, 2.75) is 12.1 Å². The van der Waals surface area contributed by atoms with E-state index < -0.39 is 0 Å². The molecule has 0 aliphatic rings. The number of rotatable bonds is 4. The number of thioether (sulfide) groups is 1. The Balaban J connectivity index is 2.01. The van der Waals surface area contributed by atoms with Crippen molar-refractivity contribution in [2.75, 3.05) is 16.9 Å². The molecule has 1 aromatic carbocycles. The number of nitrogens with zero attached hydrogens (tertiary/aromatic N) is 3. The van der Waals surface area contributed by atoms with Crippen LogP contribution in [0.5, 0.6) is 0 Å². The molecule has 0 saturated heterocycles. The molecule has 1 amide bonds. The lowest BCUT2D eigenvalue weighted by Crippen LogP contribution is -2.17. The molecule has 1 heterocycles. The Morgan fingerprint density at radius 2 is 1.95 bits per heavy atom. The van der Waals surface area contributed by atoms with Crippen LogP contribution < -0.4 is 11.2 Å². The van der Waals surface area contributed by atoms with Crippen LogP contribution in [0.3, 0.4) is 0 Å². The van der Waals surface area contributed by atoms with Crippen molar-refractivity contribution in [1.82, 2.24) is 14.9 Å². The topological polar surface area (TPSA) is 85.8 Å². The molecule has 0 unspecified atom stereocenters. The number of nitrogens with one attached hydrogen (secondary N) is 1. The van der Waals surface area contributed by atoms with E-state index >= 15 is 0 Å². The molecule has 0 bridgehead atoms. The van der Waals surface area contributed by atoms with Gasteiger partial charge in [0.1, 0.15) is 5.82 Å². The second kappa shape index (κ2) is 6.74. The molecular formula is C11H10Cl3N5OS. The van der Waals surface area contributed by atoms with Crippen LogP contribution in [-0.4, -0.2) is 26.5 Å². The van der Waals surface area contributed by atoms with Gasteiger partial charge in [0.15, 0.2) is 0 Å². The average molecular weight is 367 g/mol. The van der Waals surface area contributed by atoms with Crippen LogP contribution in [0.15, 0.2) is 17.3 Å². The second-order valence-corrected chi connectivity index (χ2v) is 6.17. The predicted molar refractivity (Wildman–Crippen MR) is 85.7 cm³/mol. The molecule has 0 saturated carbocycles. The fourth-order valence-corrected chi connectivity index (χ4v) is 3.03. The molecule has 6 nitrogen and oxygen atoms in total. The number of amides is 1. The highest BCUT2D eigenvalue weighted by Crippen LogP contribution is 2.33. The summed E-state index contributed by atoms with van der Waals surface area (Å²) < 4.78 is 1.31. The zero-order chi connectivity index (χ0) is 15.6. The molecule has 1 aromatic heterocycles. The maximum absolute atomic E-state index is 11.9. The first-order valence-electron chi connectivity index (χ1n) is 5.62. The molecule has 0 aliphatic heterocycles. The first-order chi connectivity index (χ1) is 9.88. The number of halogens is 3. The van der Waals surface area contributed by atoms with Gasteiger partial charge in [0.2, 0.25) is 11.1 Å². The van der Waals surface area contributed by atoms with Gasteiger partial charge in [0.05, 0.1) is 21.5 Å². The van der Waals surface area contributed by atoms with Gasteiger partial charge in [-0.2, -0.15) is 0 Å². The number of benzene rings is 1. The Morgan fingerprint density at radius 1 is 1.33 bits per heavy atom. The lowest BCUT2D eigenvalue weighted by atomic mass is 10.3. The fraction of sp³-hybridized carbons (Fsp3) is 0.182. The minimum Gasteiger partial charge on any atom is -0.336 e. The first-order valence-corrected chi connectivity index (χ1v) is 7.74. The summed E-state index contributed by atoms with van der Waals surface area (Å²) in [5.74, 6) is 6.03. The van der Waals surface area contributed by atoms with Crippen molar-refractivity contribution in [3.63, 3.8) is 0 Å². The molecule has 0 fully saturated rings. The molecule has 21 heavy (non-hydrogen) atoms. The number of nitrogen functional groups attached to an aromatic ring is 1. The minimum atomic E-state index is -0.299. The van der Waals surface area contributed by atoms with Crippen molar-refractivity contribution in [1.29, 1.82) is 0 Å². The van der Waals surface area contributed by atoms with Crippen molar-refractivity contribution >= 4 is 58.2 Å². The summed E-state index contributed by atoms with van der Waals surface area (Å²) in [4.78, 5) is 11.9. The average Bonchev–Trinajstić information content (AvgIpc) is 2.72. The molecule has 0 aliphatic carbocycles. The number of nitrogens with two attached hydrogens (primary N) is 1. The first kappa shape index (κ1) is 16.2. The van der Waals surface area contributed by atoms with Crippen molar-refractivity contribution < 1.29 is 4.79 Å². The number of hydrogen-bond acceptors (Lipinski definition) is 5. The molecule has 112 valence electrons. The van der Waals surface area contributed by atoms with Gasteiger partial charge in [-0.3, -0.25) is 4.79 Å². The third kappa shape index (κ3) is 3.94. The van der Waals surface area contributed by atoms with Gasteiger partial charge >= 0.3 is 0 Å². The molecule has 0 atom stereocenters. The molecule has 2 aromatic rings. The van der Waals surface area contributed by atoms with Gasteiger partial charge < -0.3 is 11.2 Å². The van der Waals surface area contributed by atoms with Crippen LogP contribution in [0.2, 0.25) is 15.1 Å². The number of aryl methyl sites for hydroxylation is 1. The Morgan fingerprint density at radius 3 is 2.48 bits per heavy atom. The number of carbonyl (C=O) groups is 1. The van der Waals surface area contributed by atoms with Crippen LogP contribution >= 0.6 is 46.6 Å². The normalized spacial score (nSPS) is 10.7. The standard InChI is InChI=1S/C11H10Cl3N5OS/c1-5-17-18-11(19(5)15)21-4-9(20)16-10-7(13)2-6(12)3-8(10)14/h2-3H,4,15H2,1H3,(H,16,20). The molecule has 2 rings (SSSR count). The summed E-state index contributed by atoms with van der Waals surface area (Å²) in [5.41, 5.74) is 0.318. The second-order valence-electron chi connectivity index (χ2n) is 3.98. The van der Waals surface area contributed by atoms with Gasteiger partial charge in [-0.1, -0.05) is 46.6 Å². The molecule has 3 N–H and O–H groups in total. The third-order valence-corrected chi connectivity index (χ3v) is 4.20. The lowest BCUT2D eigenvalue weighted by molar-refractivity contribution is -0.113. The number of carbonyl (C=O) groups excluding carboxylic acids is 1. The number of anilines is 1. The Bertz CT molecular complexity index is 667. The van der Waals surface area contributed by atoms with Crippen LogP contribution in [0.25, 0.3) is 0 Å². The van der Waals surface area contributed by atoms with Crippen molar-refractivity contribution in [3.05, 3.63) is 33.0 Å². The van der Waals surface area contributed by atoms with Gasteiger partial charge in [-0.05, 0) is 19.1 Å². The van der Waals surface area contributed by atoms with E-state index in [1.807, 2.05) is 0 Å². The van der Waals surface area contributed by atoms with Crippen LogP contribution in [0, 0.1) is 6.92 Å². The van der Waals surface area contributed by atoms with E-state index in [0.29, 0.717) is 21.7 Å². The van der Waals surface area contributed by atoms with Crippen LogP contribution in [0.1, 0.15) is 5.82 Å². The zero-order valence-corrected chi connectivity index (χ0v) is 13.8. The van der Waals surface area contributed by atoms with E-state index in [9.17, 15) is 4.79 Å². The number of hydrogen-bond donors (Lipinski definition) is 2. The van der Waals surface area contributed by atoms with E-state index in [1.165, 1.54) is 16.8 Å². The van der Waals surface area contributed by atoms with Crippen molar-refractivity contribution in [3.8, 4) is 0 Å². The van der Waals surface area contributed by atoms with E-state index in [0.717, 1.165) is 11.8 Å². The van der Waals surface area contributed by atoms with Gasteiger partial charge in [0, 0.05) is 5.02 Å². The monoisotopic (exact) mass is 365 g/mol. The molecular weight excluding hydrogens is 357 g/mol. The molecule has 10 heteroatoms. The minimum absolute atomic E-state index is 0.0879. The van der Waals surface area contributed by atoms with E-state index in [1.54, 1.807) is 6.92 Å². The summed E-state index contributed by atoms with van der Waals surface area (Å²) in [5, 5.41) is 11.6. The third-order valence-electron chi connectivity index (χ3n) is 2.44. The van der Waals surface area contributed by atoms with E-state index in [4.69, 9.17) is 40.6 Å². The van der Waals surface area contributed by atoms with Crippen LogP contribution in [0.4, 0.5) is 5.69 Å². The number of aromatic nitrogens is 3. The highest BCUT2D eigenvalue weighted by atomic mass is 35.5. The summed E-state index contributed by atoms with van der Waals surface area (Å²) >= 11 is 18.9. The zero-order valence-electron chi connectivity index (χ0n) is 10.7. The van der Waals surface area contributed by atoms with E-state index in [2.05, 4.69) is 15.5 Å². The SMILES string of the molecule is Cc1nnc(SCC(=O)Nc2c(Cl)cc(Cl)cc2Cl)n1N. The Hall–Kier alpha value is -1.15.